The van der Waals surface area contributed by atoms with Gasteiger partial charge in [-0.05, 0) is 100 Å². The molecule has 0 aromatic rings. The van der Waals surface area contributed by atoms with E-state index in [0.717, 1.165) is 12.5 Å². The zero-order valence-corrected chi connectivity index (χ0v) is 38.7. The van der Waals surface area contributed by atoms with E-state index in [1.807, 2.05) is 38.6 Å². The van der Waals surface area contributed by atoms with E-state index in [9.17, 15) is 22.0 Å². The van der Waals surface area contributed by atoms with Crippen molar-refractivity contribution in [2.24, 2.45) is 0 Å². The second-order valence-electron chi connectivity index (χ2n) is 11.5. The van der Waals surface area contributed by atoms with E-state index >= 15 is 0 Å². The fourth-order valence-corrected chi connectivity index (χ4v) is 0. The van der Waals surface area contributed by atoms with Gasteiger partial charge in [-0.2, -0.15) is 11.8 Å². The molecule has 0 atom stereocenters. The molecule has 0 aromatic carbocycles. The lowest BCUT2D eigenvalue weighted by Gasteiger charge is -2.01. The minimum absolute atomic E-state index is 0.167. The van der Waals surface area contributed by atoms with E-state index in [-0.39, 0.29) is 5.78 Å². The van der Waals surface area contributed by atoms with Crippen LogP contribution in [0.2, 0.25) is 26.2 Å². The smallest absolute Gasteiger partial charge is 0.144 e. The molecule has 0 heterocycles. The number of sulfone groups is 1. The first-order valence-corrected chi connectivity index (χ1v) is 30.8. The van der Waals surface area contributed by atoms with Gasteiger partial charge in [0.1, 0.15) is 15.6 Å². The normalized spacial score (nSPS) is 9.17. The summed E-state index contributed by atoms with van der Waals surface area (Å²) in [6.07, 6.45) is 13.8. The third-order valence-electron chi connectivity index (χ3n) is 0.167. The molecular weight excluding hydrogens is 673 g/mol. The van der Waals surface area contributed by atoms with Crippen molar-refractivity contribution in [3.05, 3.63) is 0 Å². The first-order chi connectivity index (χ1) is 17.7. The maximum atomic E-state index is 10.2. The molecule has 0 aliphatic carbocycles. The Morgan fingerprint density at radius 1 is 0.829 bits per heavy atom. The fraction of sp³-hybridized carbons (Fsp3) is 0.962. The summed E-state index contributed by atoms with van der Waals surface area (Å²) in [4.78, 5) is 11.4. The highest BCUT2D eigenvalue weighted by Gasteiger charge is 1.99. The Labute approximate surface area is 278 Å². The van der Waals surface area contributed by atoms with Crippen LogP contribution in [0.3, 0.4) is 0 Å². The summed E-state index contributed by atoms with van der Waals surface area (Å²) < 4.78 is 43.3. The van der Waals surface area contributed by atoms with Gasteiger partial charge in [-0.1, -0.05) is 47.8 Å². The lowest BCUT2D eigenvalue weighted by atomic mass is 10.6. The molecular formula is C26H75NO6P2S5Si. The van der Waals surface area contributed by atoms with E-state index in [1.54, 1.807) is 80.1 Å². The van der Waals surface area contributed by atoms with Gasteiger partial charge in [-0.25, -0.2) is 8.42 Å². The first kappa shape index (κ1) is 69.4. The van der Waals surface area contributed by atoms with E-state index in [0.29, 0.717) is 7.92 Å². The second kappa shape index (κ2) is 54.1. The molecule has 0 aromatic heterocycles. The maximum Gasteiger partial charge on any atom is 0.144 e. The lowest BCUT2D eigenvalue weighted by molar-refractivity contribution is -0.115. The van der Waals surface area contributed by atoms with Crippen LogP contribution in [0.15, 0.2) is 0 Å². The molecule has 41 heavy (non-hydrogen) atoms. The molecule has 15 heteroatoms. The van der Waals surface area contributed by atoms with Crippen LogP contribution in [-0.4, -0.2) is 157 Å². The number of Topliss-reactive ketones (excluding diaryl/α,β-unsaturated/α-hetero) is 1. The molecule has 0 aliphatic rings. The summed E-state index contributed by atoms with van der Waals surface area (Å²) in [5.41, 5.74) is 0. The van der Waals surface area contributed by atoms with E-state index in [4.69, 9.17) is 0 Å². The Kier molecular flexibility index (Phi) is 91.6. The molecule has 0 amide bonds. The zero-order valence-electron chi connectivity index (χ0n) is 31.8. The van der Waals surface area contributed by atoms with Crippen LogP contribution in [0, 0.1) is 0 Å². The monoisotopic (exact) mass is 747 g/mol. The van der Waals surface area contributed by atoms with Gasteiger partial charge in [-0.15, -0.1) is 7.92 Å². The third-order valence-corrected chi connectivity index (χ3v) is 1.50. The van der Waals surface area contributed by atoms with Crippen molar-refractivity contribution in [3.63, 3.8) is 0 Å². The molecule has 0 bridgehead atoms. The predicted molar refractivity (Wildman–Crippen MR) is 215 cm³/mol. The molecule has 7 nitrogen and oxygen atoms in total. The van der Waals surface area contributed by atoms with Crippen molar-refractivity contribution in [3.8, 4) is 0 Å². The Hall–Kier alpha value is 1.62. The van der Waals surface area contributed by atoms with Gasteiger partial charge >= 0.3 is 0 Å². The molecule has 264 valence electrons. The number of hydrogen-bond acceptors (Lipinski definition) is 10. The summed E-state index contributed by atoms with van der Waals surface area (Å²) in [7, 11) is 7.65. The second-order valence-corrected chi connectivity index (χ2v) is 31.2. The topological polar surface area (TPSA) is 97.8 Å². The van der Waals surface area contributed by atoms with Crippen molar-refractivity contribution in [2.75, 3.05) is 125 Å². The molecule has 0 saturated carbocycles. The Morgan fingerprint density at radius 2 is 0.854 bits per heavy atom. The highest BCUT2D eigenvalue weighted by molar-refractivity contribution is 8.76. The average Bonchev–Trinajstić information content (AvgIpc) is 2.56. The number of carbonyl (C=O) groups excluding carboxylic acids is 1. The Bertz CT molecular complexity index is 558. The van der Waals surface area contributed by atoms with Gasteiger partial charge in [0.15, 0.2) is 0 Å². The number of ether oxygens (including phenoxy) is 1. The summed E-state index contributed by atoms with van der Waals surface area (Å²) >= 11 is 1.75. The fourth-order valence-electron chi connectivity index (χ4n) is 0. The number of methoxy groups -OCH3 is 1. The summed E-state index contributed by atoms with van der Waals surface area (Å²) in [5.74, 6) is 0.167. The van der Waals surface area contributed by atoms with Gasteiger partial charge in [0, 0.05) is 58.1 Å². The van der Waals surface area contributed by atoms with Crippen molar-refractivity contribution in [1.29, 1.82) is 0 Å². The van der Waals surface area contributed by atoms with Crippen LogP contribution in [0.5, 0.6) is 0 Å². The quantitative estimate of drug-likeness (QED) is 0.150. The van der Waals surface area contributed by atoms with Crippen LogP contribution < -0.4 is 0 Å². The van der Waals surface area contributed by atoms with E-state index < -0.39 is 35.9 Å². The average molecular weight is 748 g/mol. The standard InChI is InChI=1S/C4H12Si.C3H9N.C3H9OP.C3H6O.C3H9P.C2H6O2S.C2H6OS.C2H6O.C2H6S2.C2H6S/c1-5(2,3)4;1-4(2)3;1-5(2,3)4;1-3(2)4;1-4(2)3;1-5(2,3)4;1-4(2)3;1-3-2;1-3-4-2;1-3-2/h1-4H3;1-3H3;1-3H3;1-2H3;1-3H3;1-2H3;1-2H3;1-2H3;1-2H3;1-2H3. The zero-order chi connectivity index (χ0) is 36.6. The highest BCUT2D eigenvalue weighted by Crippen LogP contribution is 2.28. The molecule has 0 N–H and O–H groups in total. The SMILES string of the molecule is CC(C)=O.CN(C)C.COC.CP(C)(C)=O.CP(C)C.CS(C)(=O)=O.CS(C)=O.CSC.CSSC.C[Si](C)(C)C. The van der Waals surface area contributed by atoms with Crippen molar-refractivity contribution >= 4 is 82.9 Å². The van der Waals surface area contributed by atoms with Gasteiger partial charge in [0.25, 0.3) is 0 Å². The Morgan fingerprint density at radius 3 is 0.854 bits per heavy atom. The summed E-state index contributed by atoms with van der Waals surface area (Å²) in [6, 6.07) is 0. The van der Waals surface area contributed by atoms with Crippen LogP contribution in [0.25, 0.3) is 0 Å². The first-order valence-electron chi connectivity index (χ1n) is 12.2. The van der Waals surface area contributed by atoms with E-state index in [1.165, 1.54) is 13.8 Å². The van der Waals surface area contributed by atoms with Crippen molar-refractivity contribution in [1.82, 2.24) is 4.90 Å². The minimum atomic E-state index is -2.67. The number of carbonyl (C=O) groups is 1. The lowest BCUT2D eigenvalue weighted by Crippen LogP contribution is -2.10. The van der Waals surface area contributed by atoms with Crippen LogP contribution in [-0.2, 0) is 34.7 Å². The Balaban J connectivity index is -0.0000000327. The van der Waals surface area contributed by atoms with Crippen LogP contribution >= 0.6 is 48.4 Å². The van der Waals surface area contributed by atoms with Gasteiger partial charge in [0.05, 0.1) is 7.14 Å². The molecule has 0 radical (unpaired) electrons. The maximum absolute atomic E-state index is 10.2. The molecule has 0 aliphatic heterocycles. The molecule has 0 saturated heterocycles. The predicted octanol–water partition coefficient (Wildman–Crippen LogP) is 7.85. The number of hydrogen-bond donors (Lipinski definition) is 0. The van der Waals surface area contributed by atoms with Gasteiger partial charge in [-0.3, -0.25) is 4.21 Å². The summed E-state index contributed by atoms with van der Waals surface area (Å²) in [5, 5.41) is 0. The van der Waals surface area contributed by atoms with Crippen LogP contribution in [0.4, 0.5) is 0 Å². The molecule has 0 fully saturated rings. The number of thioether (sulfide) groups is 1. The number of nitrogens with zero attached hydrogens (tertiary/aromatic N) is 1. The van der Waals surface area contributed by atoms with Crippen molar-refractivity contribution in [2.45, 2.75) is 40.0 Å². The van der Waals surface area contributed by atoms with Gasteiger partial charge < -0.3 is 19.0 Å². The molecule has 0 rings (SSSR count). The van der Waals surface area contributed by atoms with Crippen molar-refractivity contribution < 1.29 is 26.7 Å². The van der Waals surface area contributed by atoms with E-state index in [2.05, 4.69) is 63.4 Å². The largest absolute Gasteiger partial charge is 0.388 e. The third kappa shape index (κ3) is 9540. The van der Waals surface area contributed by atoms with Crippen LogP contribution in [0.1, 0.15) is 13.8 Å². The van der Waals surface area contributed by atoms with Gasteiger partial charge in [0.2, 0.25) is 0 Å². The summed E-state index contributed by atoms with van der Waals surface area (Å²) in [6.45, 7) is 24.3. The molecule has 0 spiro atoms. The minimum Gasteiger partial charge on any atom is -0.388 e. The number of rotatable bonds is 1. The number of ketones is 1. The molecule has 0 unspecified atom stereocenters. The highest BCUT2D eigenvalue weighted by atomic mass is 33.1.